The highest BCUT2D eigenvalue weighted by atomic mass is 35.5. The topological polar surface area (TPSA) is 44.1 Å². The zero-order valence-electron chi connectivity index (χ0n) is 15.4. The minimum Gasteiger partial charge on any atom is -0.385 e. The Bertz CT molecular complexity index is 995. The molecule has 5 heteroatoms. The molecule has 0 aliphatic heterocycles. The average molecular weight is 371 g/mol. The van der Waals surface area contributed by atoms with Crippen LogP contribution in [0.4, 0.5) is 0 Å². The highest BCUT2D eigenvalue weighted by molar-refractivity contribution is 6.30. The predicted molar refractivity (Wildman–Crippen MR) is 107 cm³/mol. The molecule has 136 valence electrons. The molecule has 0 spiro atoms. The van der Waals surface area contributed by atoms with Gasteiger partial charge in [-0.25, -0.2) is 4.98 Å². The third-order valence-electron chi connectivity index (χ3n) is 4.55. The summed E-state index contributed by atoms with van der Waals surface area (Å²) in [6.07, 6.45) is 1.44. The third kappa shape index (κ3) is 3.53. The number of pyridine rings is 2. The molecule has 4 nitrogen and oxygen atoms in total. The van der Waals surface area contributed by atoms with Crippen LogP contribution in [-0.2, 0) is 17.7 Å². The zero-order chi connectivity index (χ0) is 18.7. The minimum atomic E-state index is 0.0178. The number of aromatic nitrogens is 2. The fraction of sp³-hybridized carbons (Fsp3) is 0.333. The molecule has 0 unspecified atom stereocenters. The third-order valence-corrected chi connectivity index (χ3v) is 4.78. The van der Waals surface area contributed by atoms with Crippen LogP contribution in [0, 0.1) is 6.92 Å². The Balaban J connectivity index is 2.37. The standard InChI is InChI=1S/C21H23ClN2O2/c1-4-24-20-17(11-10-14(2)23-20)19(15-7-5-8-16(22)13-15)18(21(24)25)9-6-12-26-3/h5,7-8,10-11,13H,4,6,9,12H2,1-3H3. The van der Waals surface area contributed by atoms with Crippen molar-refractivity contribution in [1.29, 1.82) is 0 Å². The van der Waals surface area contributed by atoms with Gasteiger partial charge in [-0.1, -0.05) is 23.7 Å². The molecule has 0 atom stereocenters. The normalized spacial score (nSPS) is 11.2. The monoisotopic (exact) mass is 370 g/mol. The largest absolute Gasteiger partial charge is 0.385 e. The molecule has 0 bridgehead atoms. The van der Waals surface area contributed by atoms with Crippen molar-refractivity contribution in [3.63, 3.8) is 0 Å². The number of hydrogen-bond acceptors (Lipinski definition) is 3. The van der Waals surface area contributed by atoms with Gasteiger partial charge in [0.1, 0.15) is 5.65 Å². The van der Waals surface area contributed by atoms with Crippen LogP contribution in [0.25, 0.3) is 22.2 Å². The van der Waals surface area contributed by atoms with E-state index >= 15 is 0 Å². The summed E-state index contributed by atoms with van der Waals surface area (Å²) in [5, 5.41) is 1.63. The van der Waals surface area contributed by atoms with E-state index in [-0.39, 0.29) is 5.56 Å². The van der Waals surface area contributed by atoms with E-state index in [1.807, 2.05) is 44.2 Å². The summed E-state index contributed by atoms with van der Waals surface area (Å²) in [4.78, 5) is 17.9. The maximum Gasteiger partial charge on any atom is 0.256 e. The van der Waals surface area contributed by atoms with Gasteiger partial charge >= 0.3 is 0 Å². The lowest BCUT2D eigenvalue weighted by atomic mass is 9.94. The van der Waals surface area contributed by atoms with E-state index < -0.39 is 0 Å². The zero-order valence-corrected chi connectivity index (χ0v) is 16.1. The van der Waals surface area contributed by atoms with Crippen LogP contribution in [-0.4, -0.2) is 23.3 Å². The fourth-order valence-corrected chi connectivity index (χ4v) is 3.56. The first-order valence-electron chi connectivity index (χ1n) is 8.84. The van der Waals surface area contributed by atoms with E-state index in [9.17, 15) is 4.79 Å². The first-order chi connectivity index (χ1) is 12.6. The van der Waals surface area contributed by atoms with Gasteiger partial charge in [0.2, 0.25) is 0 Å². The van der Waals surface area contributed by atoms with E-state index in [0.29, 0.717) is 24.6 Å². The molecule has 1 aromatic carbocycles. The SMILES string of the molecule is CCn1c(=O)c(CCCOC)c(-c2cccc(Cl)c2)c2ccc(C)nc21. The number of hydrogen-bond donors (Lipinski definition) is 0. The molecule has 3 rings (SSSR count). The molecule has 0 radical (unpaired) electrons. The summed E-state index contributed by atoms with van der Waals surface area (Å²) >= 11 is 6.23. The van der Waals surface area contributed by atoms with Crippen LogP contribution >= 0.6 is 11.6 Å². The lowest BCUT2D eigenvalue weighted by Gasteiger charge is -2.17. The van der Waals surface area contributed by atoms with Crippen LogP contribution < -0.4 is 5.56 Å². The number of fused-ring (bicyclic) bond motifs is 1. The van der Waals surface area contributed by atoms with Crippen LogP contribution in [0.3, 0.4) is 0 Å². The Morgan fingerprint density at radius 1 is 1.23 bits per heavy atom. The van der Waals surface area contributed by atoms with Crippen molar-refractivity contribution in [3.05, 3.63) is 63.0 Å². The highest BCUT2D eigenvalue weighted by Crippen LogP contribution is 2.32. The van der Waals surface area contributed by atoms with Crippen molar-refractivity contribution >= 4 is 22.6 Å². The molecule has 2 heterocycles. The van der Waals surface area contributed by atoms with Gasteiger partial charge in [-0.2, -0.15) is 0 Å². The van der Waals surface area contributed by atoms with Crippen molar-refractivity contribution in [2.45, 2.75) is 33.2 Å². The highest BCUT2D eigenvalue weighted by Gasteiger charge is 2.18. The molecule has 0 fully saturated rings. The minimum absolute atomic E-state index is 0.0178. The molecule has 0 amide bonds. The van der Waals surface area contributed by atoms with Crippen molar-refractivity contribution in [3.8, 4) is 11.1 Å². The van der Waals surface area contributed by atoms with Gasteiger partial charge in [0.15, 0.2) is 0 Å². The Labute approximate surface area is 158 Å². The summed E-state index contributed by atoms with van der Waals surface area (Å²) in [5.74, 6) is 0. The predicted octanol–water partition coefficient (Wildman–Crippen LogP) is 4.62. The summed E-state index contributed by atoms with van der Waals surface area (Å²) in [6.45, 7) is 5.11. The maximum absolute atomic E-state index is 13.2. The molecule has 26 heavy (non-hydrogen) atoms. The maximum atomic E-state index is 13.2. The molecule has 0 saturated carbocycles. The molecular formula is C21H23ClN2O2. The quantitative estimate of drug-likeness (QED) is 0.594. The summed E-state index contributed by atoms with van der Waals surface area (Å²) in [6, 6.07) is 11.7. The fourth-order valence-electron chi connectivity index (χ4n) is 3.36. The van der Waals surface area contributed by atoms with E-state index in [0.717, 1.165) is 39.8 Å². The number of rotatable bonds is 6. The van der Waals surface area contributed by atoms with Gasteiger partial charge < -0.3 is 4.74 Å². The Hall–Kier alpha value is -2.17. The molecule has 2 aromatic heterocycles. The van der Waals surface area contributed by atoms with Crippen LogP contribution in [0.5, 0.6) is 0 Å². The molecule has 0 aliphatic rings. The molecule has 3 aromatic rings. The first-order valence-corrected chi connectivity index (χ1v) is 9.22. The van der Waals surface area contributed by atoms with Crippen molar-refractivity contribution in [2.75, 3.05) is 13.7 Å². The number of methoxy groups -OCH3 is 1. The molecule has 0 saturated heterocycles. The van der Waals surface area contributed by atoms with E-state index in [1.165, 1.54) is 0 Å². The van der Waals surface area contributed by atoms with Gasteiger partial charge in [-0.15, -0.1) is 0 Å². The summed E-state index contributed by atoms with van der Waals surface area (Å²) in [5.41, 5.74) is 4.31. The Morgan fingerprint density at radius 2 is 2.04 bits per heavy atom. The van der Waals surface area contributed by atoms with Crippen LogP contribution in [0.15, 0.2) is 41.2 Å². The average Bonchev–Trinajstić information content (AvgIpc) is 2.62. The number of ether oxygens (including phenoxy) is 1. The Kier molecular flexibility index (Phi) is 5.74. The number of aryl methyl sites for hydroxylation is 2. The second-order valence-corrected chi connectivity index (χ2v) is 6.77. The first kappa shape index (κ1) is 18.6. The van der Waals surface area contributed by atoms with Gasteiger partial charge in [-0.05, 0) is 56.5 Å². The number of halogens is 1. The second-order valence-electron chi connectivity index (χ2n) is 6.33. The van der Waals surface area contributed by atoms with E-state index in [1.54, 1.807) is 11.7 Å². The number of benzene rings is 1. The van der Waals surface area contributed by atoms with Crippen molar-refractivity contribution in [2.24, 2.45) is 0 Å². The smallest absolute Gasteiger partial charge is 0.256 e. The van der Waals surface area contributed by atoms with Crippen molar-refractivity contribution < 1.29 is 4.74 Å². The lowest BCUT2D eigenvalue weighted by molar-refractivity contribution is 0.195. The number of nitrogens with zero attached hydrogens (tertiary/aromatic N) is 2. The second kappa shape index (κ2) is 8.02. The van der Waals surface area contributed by atoms with Gasteiger partial charge in [0.05, 0.1) is 0 Å². The van der Waals surface area contributed by atoms with Gasteiger partial charge in [0.25, 0.3) is 5.56 Å². The lowest BCUT2D eigenvalue weighted by Crippen LogP contribution is -2.26. The van der Waals surface area contributed by atoms with Gasteiger partial charge in [-0.3, -0.25) is 9.36 Å². The molecule has 0 N–H and O–H groups in total. The van der Waals surface area contributed by atoms with Crippen LogP contribution in [0.2, 0.25) is 5.02 Å². The van der Waals surface area contributed by atoms with Gasteiger partial charge in [0, 0.05) is 47.5 Å². The van der Waals surface area contributed by atoms with Crippen molar-refractivity contribution in [1.82, 2.24) is 9.55 Å². The van der Waals surface area contributed by atoms with Crippen LogP contribution in [0.1, 0.15) is 24.6 Å². The van der Waals surface area contributed by atoms with E-state index in [2.05, 4.69) is 11.1 Å². The van der Waals surface area contributed by atoms with E-state index in [4.69, 9.17) is 16.3 Å². The molecular weight excluding hydrogens is 348 g/mol. The molecule has 0 aliphatic carbocycles. The Morgan fingerprint density at radius 3 is 2.73 bits per heavy atom. The summed E-state index contributed by atoms with van der Waals surface area (Å²) in [7, 11) is 1.68. The summed E-state index contributed by atoms with van der Waals surface area (Å²) < 4.78 is 6.95.